The Labute approximate surface area is 140 Å². The summed E-state index contributed by atoms with van der Waals surface area (Å²) in [4.78, 5) is 23.0. The quantitative estimate of drug-likeness (QED) is 0.631. The average molecular weight is 400 g/mol. The molecule has 0 atom stereocenters. The van der Waals surface area contributed by atoms with E-state index in [0.717, 1.165) is 14.0 Å². The van der Waals surface area contributed by atoms with Crippen molar-refractivity contribution >= 4 is 72.3 Å². The number of carbonyl (C=O) groups excluding carboxylic acids is 1. The number of hydrogen-bond donors (Lipinski definition) is 1. The number of nitrogens with one attached hydrogen (secondary N) is 1. The zero-order valence-electron chi connectivity index (χ0n) is 10.6. The van der Waals surface area contributed by atoms with Gasteiger partial charge in [0.1, 0.15) is 17.0 Å². The Morgan fingerprint density at radius 1 is 1.36 bits per heavy atom. The van der Waals surface area contributed by atoms with Crippen LogP contribution in [0.15, 0.2) is 28.3 Å². The Kier molecular flexibility index (Phi) is 3.07. The highest BCUT2D eigenvalue weighted by atomic mass is 79.9. The van der Waals surface area contributed by atoms with Crippen LogP contribution in [0.2, 0.25) is 5.02 Å². The number of rotatable bonds is 1. The predicted octanol–water partition coefficient (Wildman–Crippen LogP) is 4.93. The van der Waals surface area contributed by atoms with Gasteiger partial charge in [-0.25, -0.2) is 24.1 Å². The summed E-state index contributed by atoms with van der Waals surface area (Å²) in [5.41, 5.74) is 1.07. The van der Waals surface area contributed by atoms with Crippen molar-refractivity contribution < 1.29 is 9.18 Å². The summed E-state index contributed by atoms with van der Waals surface area (Å²) < 4.78 is 14.1. The number of amides is 2. The SMILES string of the molecule is O=C1Nc2c(Br)sc3ncnc(c23)N1c1ccc(F)c(Cl)c1. The van der Waals surface area contributed by atoms with Gasteiger partial charge in [0.2, 0.25) is 0 Å². The normalized spacial score (nSPS) is 13.6. The van der Waals surface area contributed by atoms with Crippen molar-refractivity contribution in [2.75, 3.05) is 10.2 Å². The van der Waals surface area contributed by atoms with E-state index in [9.17, 15) is 9.18 Å². The molecule has 4 rings (SSSR count). The first-order chi connectivity index (χ1) is 10.6. The van der Waals surface area contributed by atoms with Crippen LogP contribution >= 0.6 is 38.9 Å². The second-order valence-corrected chi connectivity index (χ2v) is 7.22. The van der Waals surface area contributed by atoms with E-state index in [4.69, 9.17) is 11.6 Å². The minimum Gasteiger partial charge on any atom is -0.305 e. The average Bonchev–Trinajstić information content (AvgIpc) is 2.80. The molecule has 0 unspecified atom stereocenters. The van der Waals surface area contributed by atoms with E-state index in [2.05, 4.69) is 31.2 Å². The number of hydrogen-bond acceptors (Lipinski definition) is 4. The minimum absolute atomic E-state index is 0.0621. The van der Waals surface area contributed by atoms with Crippen LogP contribution in [0.4, 0.5) is 26.4 Å². The van der Waals surface area contributed by atoms with Gasteiger partial charge in [-0.15, -0.1) is 11.3 Å². The van der Waals surface area contributed by atoms with E-state index in [1.54, 1.807) is 0 Å². The maximum Gasteiger partial charge on any atom is 0.332 e. The Morgan fingerprint density at radius 3 is 2.95 bits per heavy atom. The van der Waals surface area contributed by atoms with Crippen molar-refractivity contribution in [3.05, 3.63) is 39.2 Å². The van der Waals surface area contributed by atoms with E-state index in [1.807, 2.05) is 0 Å². The molecule has 9 heteroatoms. The largest absolute Gasteiger partial charge is 0.332 e. The molecule has 110 valence electrons. The van der Waals surface area contributed by atoms with Crippen LogP contribution in [-0.4, -0.2) is 16.0 Å². The van der Waals surface area contributed by atoms with Crippen LogP contribution in [0, 0.1) is 5.82 Å². The first-order valence-corrected chi connectivity index (χ1v) is 8.04. The van der Waals surface area contributed by atoms with Crippen molar-refractivity contribution in [1.29, 1.82) is 0 Å². The summed E-state index contributed by atoms with van der Waals surface area (Å²) in [6, 6.07) is 3.68. The minimum atomic E-state index is -0.547. The summed E-state index contributed by atoms with van der Waals surface area (Å²) in [7, 11) is 0. The highest BCUT2D eigenvalue weighted by molar-refractivity contribution is 9.11. The molecule has 1 aliphatic rings. The van der Waals surface area contributed by atoms with Crippen molar-refractivity contribution in [2.45, 2.75) is 0 Å². The Bertz CT molecular complexity index is 947. The molecule has 0 spiro atoms. The van der Waals surface area contributed by atoms with Gasteiger partial charge in [-0.3, -0.25) is 0 Å². The fourth-order valence-electron chi connectivity index (χ4n) is 2.29. The zero-order chi connectivity index (χ0) is 15.4. The van der Waals surface area contributed by atoms with Gasteiger partial charge in [-0.05, 0) is 34.1 Å². The topological polar surface area (TPSA) is 58.1 Å². The van der Waals surface area contributed by atoms with Gasteiger partial charge < -0.3 is 5.32 Å². The molecular formula is C13H5BrClFN4OS. The molecule has 1 N–H and O–H groups in total. The molecule has 2 aromatic heterocycles. The lowest BCUT2D eigenvalue weighted by molar-refractivity contribution is 0.258. The van der Waals surface area contributed by atoms with Crippen molar-refractivity contribution in [2.24, 2.45) is 0 Å². The molecule has 0 aliphatic carbocycles. The fourth-order valence-corrected chi connectivity index (χ4v) is 4.05. The standard InChI is InChI=1S/C13H5BrClFN4OS/c14-10-9-8-11(17-4-18-12(8)22-10)20(13(21)19-9)5-1-2-7(16)6(15)3-5/h1-4H,(H,19,21). The number of urea groups is 1. The molecule has 22 heavy (non-hydrogen) atoms. The van der Waals surface area contributed by atoms with Crippen molar-refractivity contribution in [1.82, 2.24) is 9.97 Å². The molecule has 1 aliphatic heterocycles. The van der Waals surface area contributed by atoms with Gasteiger partial charge in [-0.2, -0.15) is 0 Å². The van der Waals surface area contributed by atoms with E-state index in [-0.39, 0.29) is 5.02 Å². The van der Waals surface area contributed by atoms with Gasteiger partial charge in [0, 0.05) is 0 Å². The van der Waals surface area contributed by atoms with Crippen LogP contribution in [0.5, 0.6) is 0 Å². The molecule has 5 nitrogen and oxygen atoms in total. The molecule has 0 fully saturated rings. The summed E-state index contributed by atoms with van der Waals surface area (Å²) in [6.07, 6.45) is 1.39. The molecule has 3 aromatic rings. The van der Waals surface area contributed by atoms with E-state index < -0.39 is 11.8 Å². The molecule has 1 aromatic carbocycles. The van der Waals surface area contributed by atoms with Gasteiger partial charge in [0.05, 0.1) is 25.6 Å². The van der Waals surface area contributed by atoms with Crippen LogP contribution in [0.25, 0.3) is 10.2 Å². The molecule has 0 bridgehead atoms. The summed E-state index contributed by atoms with van der Waals surface area (Å²) in [5, 5.41) is 3.46. The summed E-state index contributed by atoms with van der Waals surface area (Å²) in [6.45, 7) is 0. The molecular weight excluding hydrogens is 395 g/mol. The Morgan fingerprint density at radius 2 is 2.18 bits per heavy atom. The fraction of sp³-hybridized carbons (Fsp3) is 0. The second-order valence-electron chi connectivity index (χ2n) is 4.49. The summed E-state index contributed by atoms with van der Waals surface area (Å²) >= 11 is 10.6. The highest BCUT2D eigenvalue weighted by Crippen LogP contribution is 2.46. The third kappa shape index (κ3) is 1.91. The van der Waals surface area contributed by atoms with Gasteiger partial charge in [0.15, 0.2) is 5.82 Å². The van der Waals surface area contributed by atoms with Crippen LogP contribution in [-0.2, 0) is 0 Å². The molecule has 2 amide bonds. The van der Waals surface area contributed by atoms with Crippen molar-refractivity contribution in [3.63, 3.8) is 0 Å². The van der Waals surface area contributed by atoms with Crippen LogP contribution in [0.3, 0.4) is 0 Å². The number of halogens is 3. The number of benzene rings is 1. The maximum absolute atomic E-state index is 13.4. The number of nitrogens with zero attached hydrogens (tertiary/aromatic N) is 3. The second kappa shape index (κ2) is 4.87. The zero-order valence-corrected chi connectivity index (χ0v) is 13.8. The molecule has 0 saturated heterocycles. The lowest BCUT2D eigenvalue weighted by atomic mass is 10.2. The van der Waals surface area contributed by atoms with Crippen LogP contribution < -0.4 is 10.2 Å². The summed E-state index contributed by atoms with van der Waals surface area (Å²) in [5.74, 6) is -0.108. The Hall–Kier alpha value is -1.77. The monoisotopic (exact) mass is 398 g/mol. The van der Waals surface area contributed by atoms with Gasteiger partial charge in [-0.1, -0.05) is 11.6 Å². The predicted molar refractivity (Wildman–Crippen MR) is 87.7 cm³/mol. The molecule has 0 radical (unpaired) electrons. The first-order valence-electron chi connectivity index (χ1n) is 6.05. The molecule has 0 saturated carbocycles. The maximum atomic E-state index is 13.4. The number of carbonyl (C=O) groups is 1. The first kappa shape index (κ1) is 13.9. The third-order valence-corrected chi connectivity index (χ3v) is 5.29. The van der Waals surface area contributed by atoms with Gasteiger partial charge in [0.25, 0.3) is 0 Å². The lowest BCUT2D eigenvalue weighted by Crippen LogP contribution is -2.34. The number of aromatic nitrogens is 2. The van der Waals surface area contributed by atoms with Crippen molar-refractivity contribution in [3.8, 4) is 0 Å². The van der Waals surface area contributed by atoms with Gasteiger partial charge >= 0.3 is 6.03 Å². The van der Waals surface area contributed by atoms with E-state index in [1.165, 1.54) is 40.8 Å². The van der Waals surface area contributed by atoms with E-state index >= 15 is 0 Å². The Balaban J connectivity index is 1.99. The lowest BCUT2D eigenvalue weighted by Gasteiger charge is -2.27. The smallest absolute Gasteiger partial charge is 0.305 e. The highest BCUT2D eigenvalue weighted by Gasteiger charge is 2.31. The molecule has 3 heterocycles. The third-order valence-electron chi connectivity index (χ3n) is 3.23. The number of anilines is 3. The van der Waals surface area contributed by atoms with Crippen LogP contribution in [0.1, 0.15) is 0 Å². The van der Waals surface area contributed by atoms with E-state index in [0.29, 0.717) is 17.2 Å². The number of thiophene rings is 1.